The fourth-order valence-electron chi connectivity index (χ4n) is 2.39. The third-order valence-electron chi connectivity index (χ3n) is 3.79. The predicted octanol–water partition coefficient (Wildman–Crippen LogP) is 3.59. The number of rotatable bonds is 4. The maximum absolute atomic E-state index is 13.3. The molecule has 0 aliphatic heterocycles. The summed E-state index contributed by atoms with van der Waals surface area (Å²) in [6, 6.07) is 12.0. The number of hydrogen-bond acceptors (Lipinski definition) is 4. The van der Waals surface area contributed by atoms with E-state index in [-0.39, 0.29) is 22.2 Å². The number of nitrogens with zero attached hydrogens (tertiary/aromatic N) is 2. The Morgan fingerprint density at radius 1 is 1.19 bits per heavy atom. The number of benzene rings is 2. The molecule has 1 aromatic heterocycles. The minimum absolute atomic E-state index is 0.0223. The first-order chi connectivity index (χ1) is 12.9. The van der Waals surface area contributed by atoms with Crippen LogP contribution in [-0.4, -0.2) is 22.8 Å². The van der Waals surface area contributed by atoms with E-state index in [0.29, 0.717) is 5.69 Å². The molecule has 2 aromatic carbocycles. The van der Waals surface area contributed by atoms with Gasteiger partial charge in [-0.2, -0.15) is 9.78 Å². The Morgan fingerprint density at radius 3 is 2.52 bits per heavy atom. The molecular formula is C19H15ClFN3O3. The number of aromatic nitrogens is 2. The highest BCUT2D eigenvalue weighted by molar-refractivity contribution is 6.31. The van der Waals surface area contributed by atoms with E-state index in [2.05, 4.69) is 10.4 Å². The van der Waals surface area contributed by atoms with Crippen molar-refractivity contribution < 1.29 is 13.9 Å². The van der Waals surface area contributed by atoms with Gasteiger partial charge in [0.25, 0.3) is 11.5 Å². The summed E-state index contributed by atoms with van der Waals surface area (Å²) >= 11 is 5.73. The van der Waals surface area contributed by atoms with Crippen molar-refractivity contribution in [3.63, 3.8) is 0 Å². The van der Waals surface area contributed by atoms with E-state index >= 15 is 0 Å². The number of amides is 1. The number of methoxy groups -OCH3 is 1. The number of halogens is 2. The van der Waals surface area contributed by atoms with Crippen LogP contribution in [0.15, 0.2) is 53.3 Å². The highest BCUT2D eigenvalue weighted by Gasteiger charge is 2.18. The van der Waals surface area contributed by atoms with Gasteiger partial charge in [0.05, 0.1) is 23.9 Å². The van der Waals surface area contributed by atoms with E-state index in [1.807, 2.05) is 19.1 Å². The average molecular weight is 388 g/mol. The van der Waals surface area contributed by atoms with Gasteiger partial charge < -0.3 is 10.1 Å². The van der Waals surface area contributed by atoms with Gasteiger partial charge >= 0.3 is 0 Å². The Kier molecular flexibility index (Phi) is 5.23. The molecule has 6 nitrogen and oxygen atoms in total. The number of hydrogen-bond donors (Lipinski definition) is 1. The van der Waals surface area contributed by atoms with Crippen LogP contribution in [0.25, 0.3) is 5.69 Å². The van der Waals surface area contributed by atoms with Gasteiger partial charge in [-0.3, -0.25) is 9.59 Å². The van der Waals surface area contributed by atoms with E-state index < -0.39 is 17.3 Å². The highest BCUT2D eigenvalue weighted by atomic mass is 35.5. The summed E-state index contributed by atoms with van der Waals surface area (Å²) in [7, 11) is 1.33. The zero-order valence-corrected chi connectivity index (χ0v) is 15.2. The molecule has 27 heavy (non-hydrogen) atoms. The molecule has 0 aliphatic rings. The lowest BCUT2D eigenvalue weighted by molar-refractivity contribution is 0.101. The second-order valence-corrected chi connectivity index (χ2v) is 6.14. The van der Waals surface area contributed by atoms with Gasteiger partial charge in [0.15, 0.2) is 11.4 Å². The van der Waals surface area contributed by atoms with Crippen LogP contribution in [0.3, 0.4) is 0 Å². The molecule has 0 radical (unpaired) electrons. The van der Waals surface area contributed by atoms with Crippen molar-refractivity contribution in [3.05, 3.63) is 81.0 Å². The Bertz CT molecular complexity index is 1060. The molecular weight excluding hydrogens is 373 g/mol. The van der Waals surface area contributed by atoms with Gasteiger partial charge in [-0.1, -0.05) is 29.3 Å². The van der Waals surface area contributed by atoms with Gasteiger partial charge in [0, 0.05) is 5.69 Å². The highest BCUT2D eigenvalue weighted by Crippen LogP contribution is 2.21. The standard InChI is InChI=1S/C19H15ClFN3O3/c1-11-3-6-13(7-4-11)24-17(25)10-16(27-2)18(23-24)19(26)22-12-5-8-15(21)14(20)9-12/h3-10H,1-2H3,(H,22,26). The van der Waals surface area contributed by atoms with Crippen LogP contribution in [0.2, 0.25) is 5.02 Å². The molecule has 3 aromatic rings. The van der Waals surface area contributed by atoms with Crippen molar-refractivity contribution >= 4 is 23.2 Å². The Balaban J connectivity index is 2.01. The minimum Gasteiger partial charge on any atom is -0.494 e. The summed E-state index contributed by atoms with van der Waals surface area (Å²) in [6.07, 6.45) is 0. The first-order valence-electron chi connectivity index (χ1n) is 7.91. The summed E-state index contributed by atoms with van der Waals surface area (Å²) in [5.41, 5.74) is 1.26. The van der Waals surface area contributed by atoms with Crippen LogP contribution in [0.4, 0.5) is 10.1 Å². The Morgan fingerprint density at radius 2 is 1.89 bits per heavy atom. The third kappa shape index (κ3) is 3.98. The predicted molar refractivity (Wildman–Crippen MR) is 100 cm³/mol. The summed E-state index contributed by atoms with van der Waals surface area (Å²) in [5, 5.41) is 6.57. The fourth-order valence-corrected chi connectivity index (χ4v) is 2.57. The van der Waals surface area contributed by atoms with Crippen LogP contribution < -0.4 is 15.6 Å². The largest absolute Gasteiger partial charge is 0.494 e. The maximum Gasteiger partial charge on any atom is 0.280 e. The lowest BCUT2D eigenvalue weighted by atomic mass is 10.2. The Labute approximate surface area is 159 Å². The van der Waals surface area contributed by atoms with E-state index in [4.69, 9.17) is 16.3 Å². The first-order valence-corrected chi connectivity index (χ1v) is 8.28. The van der Waals surface area contributed by atoms with Crippen LogP contribution in [0.1, 0.15) is 16.1 Å². The molecule has 0 atom stereocenters. The third-order valence-corrected chi connectivity index (χ3v) is 4.08. The van der Waals surface area contributed by atoms with Crippen molar-refractivity contribution in [2.75, 3.05) is 12.4 Å². The summed E-state index contributed by atoms with van der Waals surface area (Å²) in [4.78, 5) is 25.0. The molecule has 0 fully saturated rings. The quantitative estimate of drug-likeness (QED) is 0.742. The molecule has 1 N–H and O–H groups in total. The second kappa shape index (κ2) is 7.59. The normalized spacial score (nSPS) is 10.5. The number of carbonyl (C=O) groups excluding carboxylic acids is 1. The summed E-state index contributed by atoms with van der Waals surface area (Å²) in [5.74, 6) is -1.21. The van der Waals surface area contributed by atoms with Gasteiger partial charge in [-0.05, 0) is 37.3 Å². The van der Waals surface area contributed by atoms with E-state index in [1.54, 1.807) is 12.1 Å². The maximum atomic E-state index is 13.3. The number of nitrogens with one attached hydrogen (secondary N) is 1. The number of ether oxygens (including phenoxy) is 1. The molecule has 0 unspecified atom stereocenters. The Hall–Kier alpha value is -3.19. The molecule has 1 heterocycles. The van der Waals surface area contributed by atoms with Crippen LogP contribution in [0.5, 0.6) is 5.75 Å². The fraction of sp³-hybridized carbons (Fsp3) is 0.105. The molecule has 1 amide bonds. The molecule has 3 rings (SSSR count). The first kappa shape index (κ1) is 18.6. The SMILES string of the molecule is COc1cc(=O)n(-c2ccc(C)cc2)nc1C(=O)Nc1ccc(F)c(Cl)c1. The molecule has 0 spiro atoms. The number of carbonyl (C=O) groups is 1. The summed E-state index contributed by atoms with van der Waals surface area (Å²) in [6.45, 7) is 1.92. The minimum atomic E-state index is -0.629. The van der Waals surface area contributed by atoms with Gasteiger partial charge in [0.1, 0.15) is 5.82 Å². The van der Waals surface area contributed by atoms with Crippen molar-refractivity contribution in [3.8, 4) is 11.4 Å². The number of aryl methyl sites for hydroxylation is 1. The van der Waals surface area contributed by atoms with E-state index in [9.17, 15) is 14.0 Å². The molecule has 0 aliphatic carbocycles. The summed E-state index contributed by atoms with van der Waals surface area (Å²) < 4.78 is 19.5. The van der Waals surface area contributed by atoms with Crippen LogP contribution >= 0.6 is 11.6 Å². The van der Waals surface area contributed by atoms with E-state index in [0.717, 1.165) is 16.3 Å². The van der Waals surface area contributed by atoms with E-state index in [1.165, 1.54) is 25.3 Å². The van der Waals surface area contributed by atoms with Gasteiger partial charge in [-0.25, -0.2) is 4.39 Å². The van der Waals surface area contributed by atoms with Crippen molar-refractivity contribution in [2.45, 2.75) is 6.92 Å². The lowest BCUT2D eigenvalue weighted by Crippen LogP contribution is -2.26. The molecule has 0 saturated carbocycles. The second-order valence-electron chi connectivity index (χ2n) is 5.73. The molecule has 8 heteroatoms. The smallest absolute Gasteiger partial charge is 0.280 e. The number of anilines is 1. The lowest BCUT2D eigenvalue weighted by Gasteiger charge is -2.12. The van der Waals surface area contributed by atoms with Crippen LogP contribution in [0, 0.1) is 12.7 Å². The monoisotopic (exact) mass is 387 g/mol. The van der Waals surface area contributed by atoms with Crippen molar-refractivity contribution in [1.82, 2.24) is 9.78 Å². The van der Waals surface area contributed by atoms with Gasteiger partial charge in [0.2, 0.25) is 0 Å². The van der Waals surface area contributed by atoms with Crippen molar-refractivity contribution in [1.29, 1.82) is 0 Å². The molecule has 0 bridgehead atoms. The van der Waals surface area contributed by atoms with Gasteiger partial charge in [-0.15, -0.1) is 0 Å². The molecule has 138 valence electrons. The topological polar surface area (TPSA) is 73.2 Å². The molecule has 0 saturated heterocycles. The zero-order valence-electron chi connectivity index (χ0n) is 14.5. The average Bonchev–Trinajstić information content (AvgIpc) is 2.65. The zero-order chi connectivity index (χ0) is 19.6. The van der Waals surface area contributed by atoms with Crippen molar-refractivity contribution in [2.24, 2.45) is 0 Å². The van der Waals surface area contributed by atoms with Crippen LogP contribution in [-0.2, 0) is 0 Å².